The molecule has 2 aromatic rings. The number of ether oxygens (including phenoxy) is 1. The summed E-state index contributed by atoms with van der Waals surface area (Å²) in [6.45, 7) is 1.57. The summed E-state index contributed by atoms with van der Waals surface area (Å²) in [5.41, 5.74) is 1.90. The third-order valence-electron chi connectivity index (χ3n) is 2.40. The van der Waals surface area contributed by atoms with Crippen LogP contribution in [-0.4, -0.2) is 17.9 Å². The minimum absolute atomic E-state index is 0.131. The lowest BCUT2D eigenvalue weighted by atomic mass is 10.2. The van der Waals surface area contributed by atoms with Crippen molar-refractivity contribution in [1.82, 2.24) is 4.98 Å². The number of hydrogen-bond donors (Lipinski definition) is 0. The van der Waals surface area contributed by atoms with E-state index < -0.39 is 0 Å². The zero-order valence-electron chi connectivity index (χ0n) is 10.1. The van der Waals surface area contributed by atoms with Gasteiger partial charge in [0, 0.05) is 10.9 Å². The molecule has 0 spiro atoms. The molecule has 1 heterocycles. The van der Waals surface area contributed by atoms with Gasteiger partial charge < -0.3 is 4.74 Å². The largest absolute Gasteiger partial charge is 0.496 e. The predicted octanol–water partition coefficient (Wildman–Crippen LogP) is 3.71. The fourth-order valence-corrected chi connectivity index (χ4v) is 2.98. The minimum atomic E-state index is 0.131. The Morgan fingerprint density at radius 2 is 2.28 bits per heavy atom. The second kappa shape index (κ2) is 5.63. The maximum absolute atomic E-state index is 11.0. The van der Waals surface area contributed by atoms with Crippen LogP contribution in [0.25, 0.3) is 11.3 Å². The Morgan fingerprint density at radius 1 is 1.50 bits per heavy atom. The van der Waals surface area contributed by atoms with E-state index in [0.29, 0.717) is 6.42 Å². The fourth-order valence-electron chi connectivity index (χ4n) is 1.56. The molecule has 5 heteroatoms. The molecule has 94 valence electrons. The average Bonchev–Trinajstić information content (AvgIpc) is 2.76. The Hall–Kier alpha value is -1.20. The number of hydrogen-bond acceptors (Lipinski definition) is 4. The van der Waals surface area contributed by atoms with Crippen molar-refractivity contribution in [3.05, 3.63) is 33.1 Å². The molecule has 3 nitrogen and oxygen atoms in total. The first-order valence-electron chi connectivity index (χ1n) is 5.38. The number of halogens is 1. The highest BCUT2D eigenvalue weighted by Gasteiger charge is 2.08. The zero-order valence-corrected chi connectivity index (χ0v) is 12.5. The van der Waals surface area contributed by atoms with E-state index in [2.05, 4.69) is 20.9 Å². The summed E-state index contributed by atoms with van der Waals surface area (Å²) in [7, 11) is 1.63. The second-order valence-corrected chi connectivity index (χ2v) is 5.65. The van der Waals surface area contributed by atoms with Crippen molar-refractivity contribution in [3.8, 4) is 17.0 Å². The monoisotopic (exact) mass is 325 g/mol. The molecule has 0 aliphatic carbocycles. The number of benzene rings is 1. The van der Waals surface area contributed by atoms with Gasteiger partial charge in [0.2, 0.25) is 0 Å². The van der Waals surface area contributed by atoms with Crippen LogP contribution >= 0.6 is 27.3 Å². The molecule has 1 aromatic heterocycles. The molecule has 1 aromatic carbocycles. The van der Waals surface area contributed by atoms with Gasteiger partial charge in [-0.05, 0) is 41.1 Å². The van der Waals surface area contributed by atoms with Crippen molar-refractivity contribution in [2.75, 3.05) is 7.11 Å². The Labute approximate surface area is 118 Å². The van der Waals surface area contributed by atoms with E-state index in [1.165, 1.54) is 11.3 Å². The molecular weight excluding hydrogens is 314 g/mol. The van der Waals surface area contributed by atoms with Gasteiger partial charge in [-0.3, -0.25) is 4.79 Å². The predicted molar refractivity (Wildman–Crippen MR) is 76.2 cm³/mol. The SMILES string of the molecule is COc1ccc(-c2csc(CC(C)=O)n2)cc1Br. The molecule has 0 unspecified atom stereocenters. The van der Waals surface area contributed by atoms with E-state index in [0.717, 1.165) is 26.5 Å². The average molecular weight is 326 g/mol. The van der Waals surface area contributed by atoms with E-state index in [9.17, 15) is 4.79 Å². The number of aromatic nitrogens is 1. The second-order valence-electron chi connectivity index (χ2n) is 3.85. The van der Waals surface area contributed by atoms with Crippen LogP contribution in [0.4, 0.5) is 0 Å². The Bertz CT molecular complexity index is 580. The third-order valence-corrected chi connectivity index (χ3v) is 3.87. The van der Waals surface area contributed by atoms with Crippen LogP contribution < -0.4 is 4.74 Å². The standard InChI is InChI=1S/C13H12BrNO2S/c1-8(16)5-13-15-11(7-18-13)9-3-4-12(17-2)10(14)6-9/h3-4,6-7H,5H2,1-2H3. The van der Waals surface area contributed by atoms with Gasteiger partial charge in [0.1, 0.15) is 16.5 Å². The van der Waals surface area contributed by atoms with Crippen molar-refractivity contribution in [3.63, 3.8) is 0 Å². The highest BCUT2D eigenvalue weighted by atomic mass is 79.9. The molecule has 0 aliphatic rings. The summed E-state index contributed by atoms with van der Waals surface area (Å²) in [4.78, 5) is 15.5. The molecule has 0 saturated carbocycles. The summed E-state index contributed by atoms with van der Waals surface area (Å²) < 4.78 is 6.08. The lowest BCUT2D eigenvalue weighted by molar-refractivity contribution is -0.116. The minimum Gasteiger partial charge on any atom is -0.496 e. The fraction of sp³-hybridized carbons (Fsp3) is 0.231. The molecule has 0 bridgehead atoms. The summed E-state index contributed by atoms with van der Waals surface area (Å²) in [6.07, 6.45) is 0.405. The number of ketones is 1. The Kier molecular flexibility index (Phi) is 4.14. The summed E-state index contributed by atoms with van der Waals surface area (Å²) in [6, 6.07) is 5.81. The van der Waals surface area contributed by atoms with Crippen molar-refractivity contribution in [1.29, 1.82) is 0 Å². The molecule has 0 aliphatic heterocycles. The summed E-state index contributed by atoms with van der Waals surface area (Å²) >= 11 is 4.96. The number of Topliss-reactive ketones (excluding diaryl/α,β-unsaturated/α-hetero) is 1. The topological polar surface area (TPSA) is 39.2 Å². The Balaban J connectivity index is 2.28. The van der Waals surface area contributed by atoms with Gasteiger partial charge in [0.25, 0.3) is 0 Å². The number of rotatable bonds is 4. The highest BCUT2D eigenvalue weighted by molar-refractivity contribution is 9.10. The molecule has 2 rings (SSSR count). The summed E-state index contributed by atoms with van der Waals surface area (Å²) in [5, 5.41) is 2.82. The van der Waals surface area contributed by atoms with Gasteiger partial charge in [0.15, 0.2) is 0 Å². The molecule has 0 radical (unpaired) electrons. The van der Waals surface area contributed by atoms with E-state index in [4.69, 9.17) is 4.74 Å². The molecular formula is C13H12BrNO2S. The van der Waals surface area contributed by atoms with E-state index in [1.54, 1.807) is 14.0 Å². The molecule has 0 atom stereocenters. The quantitative estimate of drug-likeness (QED) is 0.860. The van der Waals surface area contributed by atoms with Gasteiger partial charge in [0.05, 0.1) is 23.7 Å². The number of carbonyl (C=O) groups is 1. The maximum Gasteiger partial charge on any atom is 0.136 e. The molecule has 18 heavy (non-hydrogen) atoms. The van der Waals surface area contributed by atoms with Crippen molar-refractivity contribution in [2.24, 2.45) is 0 Å². The third kappa shape index (κ3) is 2.97. The van der Waals surface area contributed by atoms with Gasteiger partial charge in [-0.1, -0.05) is 0 Å². The lowest BCUT2D eigenvalue weighted by Gasteiger charge is -2.04. The maximum atomic E-state index is 11.0. The first-order valence-corrected chi connectivity index (χ1v) is 7.05. The van der Waals surface area contributed by atoms with Gasteiger partial charge >= 0.3 is 0 Å². The van der Waals surface area contributed by atoms with Crippen LogP contribution in [0.5, 0.6) is 5.75 Å². The van der Waals surface area contributed by atoms with Crippen LogP contribution in [0.2, 0.25) is 0 Å². The van der Waals surface area contributed by atoms with E-state index in [1.807, 2.05) is 23.6 Å². The molecule has 0 amide bonds. The van der Waals surface area contributed by atoms with E-state index in [-0.39, 0.29) is 5.78 Å². The zero-order chi connectivity index (χ0) is 13.1. The Morgan fingerprint density at radius 3 is 2.89 bits per heavy atom. The number of thiazole rings is 1. The van der Waals surface area contributed by atoms with Gasteiger partial charge in [-0.15, -0.1) is 11.3 Å². The first-order chi connectivity index (χ1) is 8.60. The van der Waals surface area contributed by atoms with Crippen molar-refractivity contribution < 1.29 is 9.53 Å². The van der Waals surface area contributed by atoms with Crippen LogP contribution in [0, 0.1) is 0 Å². The number of carbonyl (C=O) groups excluding carboxylic acids is 1. The highest BCUT2D eigenvalue weighted by Crippen LogP contribution is 2.31. The molecule has 0 fully saturated rings. The molecule has 0 N–H and O–H groups in total. The summed E-state index contributed by atoms with van der Waals surface area (Å²) in [5.74, 6) is 0.921. The number of nitrogens with zero attached hydrogens (tertiary/aromatic N) is 1. The van der Waals surface area contributed by atoms with Gasteiger partial charge in [-0.25, -0.2) is 4.98 Å². The van der Waals surface area contributed by atoms with Crippen LogP contribution in [-0.2, 0) is 11.2 Å². The normalized spacial score (nSPS) is 10.4. The molecule has 0 saturated heterocycles. The van der Waals surface area contributed by atoms with E-state index >= 15 is 0 Å². The van der Waals surface area contributed by atoms with Gasteiger partial charge in [-0.2, -0.15) is 0 Å². The van der Waals surface area contributed by atoms with Crippen LogP contribution in [0.15, 0.2) is 28.1 Å². The number of methoxy groups -OCH3 is 1. The van der Waals surface area contributed by atoms with Crippen molar-refractivity contribution in [2.45, 2.75) is 13.3 Å². The lowest BCUT2D eigenvalue weighted by Crippen LogP contribution is -1.95. The van der Waals surface area contributed by atoms with Crippen molar-refractivity contribution >= 4 is 33.0 Å². The van der Waals surface area contributed by atoms with Crippen LogP contribution in [0.3, 0.4) is 0 Å². The van der Waals surface area contributed by atoms with Crippen LogP contribution in [0.1, 0.15) is 11.9 Å². The first kappa shape index (κ1) is 13.2. The smallest absolute Gasteiger partial charge is 0.136 e.